The predicted octanol–water partition coefficient (Wildman–Crippen LogP) is 0.213. The third-order valence-corrected chi connectivity index (χ3v) is 4.49. The molecule has 2 aromatic rings. The van der Waals surface area contributed by atoms with Crippen LogP contribution < -0.4 is 27.7 Å². The zero-order valence-corrected chi connectivity index (χ0v) is 17.5. The second kappa shape index (κ2) is 10.8. The maximum atomic E-state index is 12.2. The highest BCUT2D eigenvalue weighted by Gasteiger charge is 2.11. The number of rotatable bonds is 10. The Labute approximate surface area is 175 Å². The van der Waals surface area contributed by atoms with E-state index in [0.29, 0.717) is 17.9 Å². The monoisotopic (exact) mass is 415 g/mol. The molecule has 0 saturated heterocycles. The first-order valence-electron chi connectivity index (χ1n) is 9.63. The number of H-pyrrole nitrogens is 1. The zero-order valence-electron chi connectivity index (χ0n) is 17.5. The number of aromatic amines is 1. The molecule has 30 heavy (non-hydrogen) atoms. The Morgan fingerprint density at radius 3 is 2.67 bits per heavy atom. The molecule has 7 N–H and O–H groups in total. The number of carbonyl (C=O) groups excluding carboxylic acids is 1. The van der Waals surface area contributed by atoms with Crippen LogP contribution in [0.4, 0.5) is 5.82 Å². The third kappa shape index (κ3) is 7.12. The van der Waals surface area contributed by atoms with Gasteiger partial charge >= 0.3 is 0 Å². The van der Waals surface area contributed by atoms with Crippen molar-refractivity contribution in [3.05, 3.63) is 56.6 Å². The van der Waals surface area contributed by atoms with Crippen molar-refractivity contribution in [3.63, 3.8) is 0 Å². The molecule has 0 saturated carbocycles. The zero-order chi connectivity index (χ0) is 22.1. The molecule has 1 amide bonds. The minimum Gasteiger partial charge on any atom is -0.391 e. The summed E-state index contributed by atoms with van der Waals surface area (Å²) < 4.78 is 0. The smallest absolute Gasteiger partial charge is 0.290 e. The lowest BCUT2D eigenvalue weighted by molar-refractivity contribution is -0.120. The Hall–Kier alpha value is -3.56. The van der Waals surface area contributed by atoms with Crippen LogP contribution >= 0.6 is 0 Å². The minimum absolute atomic E-state index is 0.0245. The van der Waals surface area contributed by atoms with Crippen molar-refractivity contribution in [1.29, 1.82) is 0 Å². The molecule has 2 rings (SSSR count). The van der Waals surface area contributed by atoms with E-state index in [-0.39, 0.29) is 42.8 Å². The van der Waals surface area contributed by atoms with E-state index in [9.17, 15) is 9.59 Å². The van der Waals surface area contributed by atoms with E-state index < -0.39 is 0 Å². The molecule has 0 aliphatic carbocycles. The van der Waals surface area contributed by atoms with Crippen molar-refractivity contribution in [2.45, 2.75) is 33.6 Å². The number of benzene rings is 1. The van der Waals surface area contributed by atoms with E-state index in [1.165, 1.54) is 16.7 Å². The molecule has 0 spiro atoms. The lowest BCUT2D eigenvalue weighted by atomic mass is 10.0. The Morgan fingerprint density at radius 2 is 1.97 bits per heavy atom. The molecular formula is C20H29N7O3. The van der Waals surface area contributed by atoms with Crippen LogP contribution in [0.3, 0.4) is 0 Å². The molecule has 0 atom stereocenters. The topological polar surface area (TPSA) is 161 Å². The van der Waals surface area contributed by atoms with Gasteiger partial charge in [-0.25, -0.2) is 4.98 Å². The summed E-state index contributed by atoms with van der Waals surface area (Å²) >= 11 is 0. The van der Waals surface area contributed by atoms with Crippen LogP contribution in [0.25, 0.3) is 0 Å². The van der Waals surface area contributed by atoms with Gasteiger partial charge in [-0.2, -0.15) is 0 Å². The van der Waals surface area contributed by atoms with E-state index in [0.717, 1.165) is 6.42 Å². The number of nitrogens with one attached hydrogen (secondary N) is 3. The number of nitrogens with zero attached hydrogens (tertiary/aromatic N) is 2. The van der Waals surface area contributed by atoms with E-state index in [1.54, 1.807) is 6.92 Å². The van der Waals surface area contributed by atoms with Crippen molar-refractivity contribution in [2.75, 3.05) is 25.0 Å². The second-order valence-corrected chi connectivity index (χ2v) is 6.96. The van der Waals surface area contributed by atoms with E-state index in [4.69, 9.17) is 16.3 Å². The first-order valence-corrected chi connectivity index (χ1v) is 9.63. The summed E-state index contributed by atoms with van der Waals surface area (Å²) in [6.45, 7) is 6.77. The van der Waals surface area contributed by atoms with Crippen LogP contribution in [0.2, 0.25) is 0 Å². The molecule has 0 fully saturated rings. The first-order chi connectivity index (χ1) is 14.3. The van der Waals surface area contributed by atoms with Gasteiger partial charge < -0.3 is 31.9 Å². The number of aromatic nitrogens is 2. The van der Waals surface area contributed by atoms with Gasteiger partial charge in [-0.15, -0.1) is 0 Å². The van der Waals surface area contributed by atoms with Gasteiger partial charge in [0.25, 0.3) is 5.56 Å². The summed E-state index contributed by atoms with van der Waals surface area (Å²) in [6.07, 6.45) is 0.776. The van der Waals surface area contributed by atoms with Crippen LogP contribution in [-0.2, 0) is 22.5 Å². The molecule has 0 aliphatic heterocycles. The van der Waals surface area contributed by atoms with Gasteiger partial charge in [0.05, 0.1) is 18.7 Å². The Kier molecular flexibility index (Phi) is 8.21. The van der Waals surface area contributed by atoms with Crippen molar-refractivity contribution in [3.8, 4) is 0 Å². The lowest BCUT2D eigenvalue weighted by Gasteiger charge is -2.10. The number of amides is 1. The number of oxime groups is 1. The molecule has 0 bridgehead atoms. The summed E-state index contributed by atoms with van der Waals surface area (Å²) in [7, 11) is 0. The molecular weight excluding hydrogens is 386 g/mol. The van der Waals surface area contributed by atoms with Crippen LogP contribution in [0, 0.1) is 20.8 Å². The summed E-state index contributed by atoms with van der Waals surface area (Å²) in [5.41, 5.74) is 14.6. The highest BCUT2D eigenvalue weighted by atomic mass is 16.6. The van der Waals surface area contributed by atoms with Gasteiger partial charge in [0.2, 0.25) is 11.9 Å². The Morgan fingerprint density at radius 1 is 1.20 bits per heavy atom. The first kappa shape index (κ1) is 22.7. The van der Waals surface area contributed by atoms with Crippen LogP contribution in [0.15, 0.2) is 28.1 Å². The summed E-state index contributed by atoms with van der Waals surface area (Å²) in [4.78, 5) is 36.2. The number of aryl methyl sites for hydroxylation is 3. The fourth-order valence-corrected chi connectivity index (χ4v) is 2.72. The summed E-state index contributed by atoms with van der Waals surface area (Å²) in [5, 5.41) is 9.10. The van der Waals surface area contributed by atoms with Gasteiger partial charge in [-0.1, -0.05) is 18.2 Å². The van der Waals surface area contributed by atoms with Crippen molar-refractivity contribution >= 4 is 17.7 Å². The highest BCUT2D eigenvalue weighted by Crippen LogP contribution is 2.10. The average Bonchev–Trinajstić information content (AvgIpc) is 2.67. The van der Waals surface area contributed by atoms with E-state index >= 15 is 0 Å². The van der Waals surface area contributed by atoms with E-state index in [2.05, 4.69) is 57.8 Å². The average molecular weight is 415 g/mol. The predicted molar refractivity (Wildman–Crippen MR) is 116 cm³/mol. The number of carbonyl (C=O) groups is 1. The van der Waals surface area contributed by atoms with Gasteiger partial charge in [-0.05, 0) is 49.0 Å². The molecule has 10 nitrogen and oxygen atoms in total. The SMILES string of the molecule is Cc1ccc(CCNc2nc(CC(=O)NCCON=C(N)N)c(C)[nH]c2=O)cc1C. The standard InChI is InChI=1S/C20H29N7O3/c1-12-4-5-15(10-13(12)2)6-7-24-18-19(29)25-14(3)16(26-18)11-17(28)23-8-9-30-27-20(21)22/h4-5,10H,6-9,11H2,1-3H3,(H,23,28)(H,24,26)(H,25,29)(H4,21,22,27). The lowest BCUT2D eigenvalue weighted by Crippen LogP contribution is -2.30. The molecule has 0 unspecified atom stereocenters. The second-order valence-electron chi connectivity index (χ2n) is 6.96. The van der Waals surface area contributed by atoms with E-state index in [1.807, 2.05) is 0 Å². The fourth-order valence-electron chi connectivity index (χ4n) is 2.72. The van der Waals surface area contributed by atoms with Crippen molar-refractivity contribution < 1.29 is 9.63 Å². The number of guanidine groups is 1. The van der Waals surface area contributed by atoms with Gasteiger partial charge in [0.1, 0.15) is 6.61 Å². The van der Waals surface area contributed by atoms with Gasteiger partial charge in [0, 0.05) is 12.2 Å². The maximum absolute atomic E-state index is 12.2. The molecule has 0 radical (unpaired) electrons. The minimum atomic E-state index is -0.317. The van der Waals surface area contributed by atoms with Gasteiger partial charge in [0.15, 0.2) is 5.82 Å². The highest BCUT2D eigenvalue weighted by molar-refractivity contribution is 5.78. The van der Waals surface area contributed by atoms with Crippen LogP contribution in [0.5, 0.6) is 0 Å². The Balaban J connectivity index is 1.91. The summed E-state index contributed by atoms with van der Waals surface area (Å²) in [5.74, 6) is -0.248. The fraction of sp³-hybridized carbons (Fsp3) is 0.400. The normalized spacial score (nSPS) is 10.4. The molecule has 1 aromatic heterocycles. The van der Waals surface area contributed by atoms with Crippen molar-refractivity contribution in [1.82, 2.24) is 15.3 Å². The van der Waals surface area contributed by atoms with Crippen molar-refractivity contribution in [2.24, 2.45) is 16.6 Å². The third-order valence-electron chi connectivity index (χ3n) is 4.49. The molecule has 0 aliphatic rings. The van der Waals surface area contributed by atoms with Gasteiger partial charge in [-0.3, -0.25) is 9.59 Å². The molecule has 162 valence electrons. The number of anilines is 1. The quantitative estimate of drug-likeness (QED) is 0.160. The number of hydrogen-bond acceptors (Lipinski definition) is 6. The summed E-state index contributed by atoms with van der Waals surface area (Å²) in [6, 6.07) is 6.29. The molecule has 1 heterocycles. The molecule has 10 heteroatoms. The largest absolute Gasteiger partial charge is 0.391 e. The number of nitrogens with two attached hydrogens (primary N) is 2. The Bertz CT molecular complexity index is 965. The van der Waals surface area contributed by atoms with Crippen LogP contribution in [-0.4, -0.2) is 41.5 Å². The number of hydrogen-bond donors (Lipinski definition) is 5. The van der Waals surface area contributed by atoms with Crippen LogP contribution in [0.1, 0.15) is 28.1 Å². The molecule has 1 aromatic carbocycles. The maximum Gasteiger partial charge on any atom is 0.290 e.